The van der Waals surface area contributed by atoms with Crippen molar-refractivity contribution in [1.82, 2.24) is 0 Å². The number of unbranched alkanes of at least 4 members (excludes halogenated alkanes) is 57. The van der Waals surface area contributed by atoms with E-state index in [-0.39, 0.29) is 34.2 Å². The summed E-state index contributed by atoms with van der Waals surface area (Å²) in [7, 11) is -2.15. The summed E-state index contributed by atoms with van der Waals surface area (Å²) in [5.74, 6) is 1.47. The number of carbonyl (C=O) groups is 3. The Labute approximate surface area is 712 Å². The summed E-state index contributed by atoms with van der Waals surface area (Å²) in [4.78, 5) is 39.6. The van der Waals surface area contributed by atoms with Gasteiger partial charge < -0.3 is 27.8 Å². The first-order chi connectivity index (χ1) is 55.7. The fourth-order valence-corrected chi connectivity index (χ4v) is 17.1. The molecule has 662 valence electrons. The average molecular weight is 1620 g/mol. The number of hydrogen-bond donors (Lipinski definition) is 0. The van der Waals surface area contributed by atoms with Gasteiger partial charge in [-0.05, 0) is 89.7 Å². The lowest BCUT2D eigenvalue weighted by Crippen LogP contribution is -2.17. The van der Waals surface area contributed by atoms with E-state index >= 15 is 0 Å². The van der Waals surface area contributed by atoms with Gasteiger partial charge in [0.05, 0.1) is 19.8 Å². The monoisotopic (exact) mass is 1620 g/mol. The summed E-state index contributed by atoms with van der Waals surface area (Å²) in [6, 6.07) is 18.7. The smallest absolute Gasteiger partial charge is 0.466 e. The Morgan fingerprint density at radius 3 is 0.548 bits per heavy atom. The second-order valence-electron chi connectivity index (χ2n) is 38.1. The van der Waals surface area contributed by atoms with Gasteiger partial charge in [-0.1, -0.05) is 485 Å². The van der Waals surface area contributed by atoms with Crippen molar-refractivity contribution in [3.63, 3.8) is 0 Å². The number of esters is 3. The third-order valence-corrected chi connectivity index (χ3v) is 24.7. The first-order valence-electron chi connectivity index (χ1n) is 49.5. The van der Waals surface area contributed by atoms with E-state index in [0.717, 1.165) is 71.9 Å². The molecule has 9 nitrogen and oxygen atoms in total. The second kappa shape index (κ2) is 69.5. The molecule has 0 atom stereocenters. The number of rotatable bonds is 78. The average Bonchev–Trinajstić information content (AvgIpc) is 0.805. The number of benzene rings is 3. The topological polar surface area (TPSA) is 107 Å². The van der Waals surface area contributed by atoms with Crippen molar-refractivity contribution in [1.29, 1.82) is 0 Å². The number of carbonyl (C=O) groups excluding carboxylic acids is 3. The maximum Gasteiger partial charge on any atom is 0.530 e. The van der Waals surface area contributed by atoms with Gasteiger partial charge in [0, 0.05) is 36.0 Å². The molecule has 0 spiro atoms. The minimum Gasteiger partial charge on any atom is -0.466 e. The molecule has 0 aliphatic rings. The maximum atomic E-state index is 13.2. The Hall–Kier alpha value is -4.10. The van der Waals surface area contributed by atoms with Crippen molar-refractivity contribution < 1.29 is 42.2 Å². The number of ether oxygens (including phenoxy) is 3. The highest BCUT2D eigenvalue weighted by Gasteiger charge is 2.32. The van der Waals surface area contributed by atoms with Gasteiger partial charge >= 0.3 is 26.5 Å². The van der Waals surface area contributed by atoms with Gasteiger partial charge in [0.25, 0.3) is 0 Å². The Balaban J connectivity index is 1.58. The van der Waals surface area contributed by atoms with Crippen LogP contribution in [0.15, 0.2) is 54.6 Å². The lowest BCUT2D eigenvalue weighted by molar-refractivity contribution is -0.144. The van der Waals surface area contributed by atoms with Crippen LogP contribution in [0.4, 0.5) is 0 Å². The minimum absolute atomic E-state index is 0.158. The molecule has 0 unspecified atom stereocenters. The maximum absolute atomic E-state index is 13.2. The van der Waals surface area contributed by atoms with Gasteiger partial charge in [-0.15, -0.1) is 0 Å². The molecule has 0 heterocycles. The van der Waals surface area contributed by atoms with E-state index in [1.807, 2.05) is 18.2 Å². The van der Waals surface area contributed by atoms with Crippen LogP contribution in [0.25, 0.3) is 0 Å². The molecule has 0 bridgehead atoms. The number of aryl methyl sites for hydroxylation is 3. The standard InChI is InChI=1S/C105H183O9P/c1-13-16-19-22-25-28-31-34-37-40-43-46-49-52-55-58-61-64-67-70-85-109-100(106)82-76-91-73-79-97(94(88-91)103(4,5)6)112-115(113-98-80-74-92(89-95(98)104(7,8)9)77-83-101(107)110-86-71-68-65-62-59-56-53-50-47-44-41-38-35-32-29-26-23-20-17-14-2)114-99-81-75-93(90-96(99)105(10,11)12)78-84-102(108)111-87-72-69-66-63-60-57-54-51-48-45-42-39-36-33-30-27-24-21-18-15-3/h73-75,79-81,88-90H,13-72,76-78,82-87H2,1-12H3. The highest BCUT2D eigenvalue weighted by molar-refractivity contribution is 7.43. The van der Waals surface area contributed by atoms with Crippen molar-refractivity contribution >= 4 is 26.5 Å². The fourth-order valence-electron chi connectivity index (χ4n) is 16.1. The van der Waals surface area contributed by atoms with E-state index < -0.39 is 8.60 Å². The highest BCUT2D eigenvalue weighted by Crippen LogP contribution is 2.50. The lowest BCUT2D eigenvalue weighted by atomic mass is 9.85. The molecule has 115 heavy (non-hydrogen) atoms. The molecule has 3 rings (SSSR count). The molecular weight excluding hydrogens is 1440 g/mol. The molecule has 0 N–H and O–H groups in total. The van der Waals surface area contributed by atoms with E-state index in [9.17, 15) is 14.4 Å². The van der Waals surface area contributed by atoms with Crippen LogP contribution in [-0.4, -0.2) is 37.7 Å². The summed E-state index contributed by atoms with van der Waals surface area (Å²) in [6.07, 6.45) is 83.0. The van der Waals surface area contributed by atoms with Crippen LogP contribution in [0.3, 0.4) is 0 Å². The van der Waals surface area contributed by atoms with Crippen LogP contribution < -0.4 is 13.6 Å². The van der Waals surface area contributed by atoms with E-state index in [1.54, 1.807) is 0 Å². The van der Waals surface area contributed by atoms with E-state index in [2.05, 4.69) is 119 Å². The Kier molecular flexibility index (Phi) is 63.5. The zero-order valence-electron chi connectivity index (χ0n) is 77.6. The summed E-state index contributed by atoms with van der Waals surface area (Å²) in [5.41, 5.74) is 5.04. The van der Waals surface area contributed by atoms with Gasteiger partial charge in [-0.25, -0.2) is 0 Å². The van der Waals surface area contributed by atoms with Crippen LogP contribution in [0, 0.1) is 0 Å². The molecule has 0 aromatic heterocycles. The summed E-state index contributed by atoms with van der Waals surface area (Å²) in [6.45, 7) is 28.0. The number of hydrogen-bond acceptors (Lipinski definition) is 9. The molecule has 0 radical (unpaired) electrons. The second-order valence-corrected chi connectivity index (χ2v) is 39.0. The molecule has 0 amide bonds. The summed E-state index contributed by atoms with van der Waals surface area (Å²) >= 11 is 0. The van der Waals surface area contributed by atoms with Crippen LogP contribution >= 0.6 is 8.60 Å². The van der Waals surface area contributed by atoms with Crippen LogP contribution in [0.2, 0.25) is 0 Å². The Morgan fingerprint density at radius 1 is 0.235 bits per heavy atom. The highest BCUT2D eigenvalue weighted by atomic mass is 31.2. The molecule has 0 saturated heterocycles. The predicted octanol–water partition coefficient (Wildman–Crippen LogP) is 34.2. The molecule has 3 aromatic carbocycles. The van der Waals surface area contributed by atoms with Crippen LogP contribution in [0.1, 0.15) is 521 Å². The molecule has 0 aliphatic heterocycles. The normalized spacial score (nSPS) is 12.0. The van der Waals surface area contributed by atoms with Crippen LogP contribution in [0.5, 0.6) is 17.2 Å². The van der Waals surface area contributed by atoms with Crippen molar-refractivity contribution in [2.24, 2.45) is 0 Å². The zero-order valence-corrected chi connectivity index (χ0v) is 78.5. The third-order valence-electron chi connectivity index (χ3n) is 23.7. The van der Waals surface area contributed by atoms with Crippen molar-refractivity contribution in [3.05, 3.63) is 88.0 Å². The first kappa shape index (κ1) is 105. The largest absolute Gasteiger partial charge is 0.530 e. The van der Waals surface area contributed by atoms with Crippen molar-refractivity contribution in [2.75, 3.05) is 19.8 Å². The van der Waals surface area contributed by atoms with Gasteiger partial charge in [0.1, 0.15) is 17.2 Å². The molecule has 0 saturated carbocycles. The van der Waals surface area contributed by atoms with Gasteiger partial charge in [-0.3, -0.25) is 14.4 Å². The SMILES string of the molecule is CCCCCCCCCCCCCCCCCCCCCCOC(=O)CCc1ccc(OP(Oc2ccc(CCC(=O)OCCCCCCCCCCCCCCCCCCCCCC)cc2C(C)(C)C)Oc2ccc(CCC(=O)OCCCCCCCCCCCCCCCCCCCCCC)cc2C(C)(C)C)c(C(C)(C)C)c1. The molecule has 0 aliphatic carbocycles. The quantitative estimate of drug-likeness (QED) is 0.0236. The molecule has 10 heteroatoms. The minimum atomic E-state index is -2.15. The lowest BCUT2D eigenvalue weighted by Gasteiger charge is -2.29. The molecule has 3 aromatic rings. The summed E-state index contributed by atoms with van der Waals surface area (Å²) < 4.78 is 38.7. The van der Waals surface area contributed by atoms with Gasteiger partial charge in [0.2, 0.25) is 0 Å². The Morgan fingerprint density at radius 2 is 0.391 bits per heavy atom. The summed E-state index contributed by atoms with van der Waals surface area (Å²) in [5, 5.41) is 0. The van der Waals surface area contributed by atoms with E-state index in [0.29, 0.717) is 75.6 Å². The van der Waals surface area contributed by atoms with Crippen LogP contribution in [-0.2, 0) is 64.1 Å². The van der Waals surface area contributed by atoms with Crippen molar-refractivity contribution in [3.8, 4) is 17.2 Å². The fraction of sp³-hybridized carbons (Fsp3) is 0.800. The van der Waals surface area contributed by atoms with Gasteiger partial charge in [-0.2, -0.15) is 0 Å². The first-order valence-corrected chi connectivity index (χ1v) is 50.6. The predicted molar refractivity (Wildman–Crippen MR) is 496 cm³/mol. The Bertz CT molecular complexity index is 2510. The molecular formula is C105H183O9P. The van der Waals surface area contributed by atoms with E-state index in [1.165, 1.54) is 347 Å². The third kappa shape index (κ3) is 57.7. The zero-order chi connectivity index (χ0) is 83.4. The molecule has 0 fully saturated rings. The van der Waals surface area contributed by atoms with Gasteiger partial charge in [0.15, 0.2) is 0 Å². The van der Waals surface area contributed by atoms with E-state index in [4.69, 9.17) is 27.8 Å². The van der Waals surface area contributed by atoms with Crippen molar-refractivity contribution in [2.45, 2.75) is 523 Å².